The van der Waals surface area contributed by atoms with Gasteiger partial charge in [0.15, 0.2) is 0 Å². The van der Waals surface area contributed by atoms with Gasteiger partial charge < -0.3 is 25.5 Å². The molecule has 0 aromatic heterocycles. The molecule has 208 valence electrons. The van der Waals surface area contributed by atoms with Gasteiger partial charge in [-0.2, -0.15) is 5.10 Å². The van der Waals surface area contributed by atoms with Crippen LogP contribution in [0.25, 0.3) is 0 Å². The number of hydrogen-bond acceptors (Lipinski definition) is 7. The number of likely N-dealkylation sites (N-methyl/N-ethyl adjacent to an activating group) is 1. The van der Waals surface area contributed by atoms with E-state index >= 15 is 0 Å². The molecule has 5 rings (SSSR count). The van der Waals surface area contributed by atoms with Crippen molar-refractivity contribution in [2.45, 2.75) is 58.2 Å². The monoisotopic (exact) mass is 540 g/mol. The molecule has 2 bridgehead atoms. The van der Waals surface area contributed by atoms with Gasteiger partial charge in [-0.25, -0.2) is 9.40 Å². The number of fused-ring (bicyclic) bond motifs is 6. The zero-order chi connectivity index (χ0) is 27.8. The van der Waals surface area contributed by atoms with Gasteiger partial charge in [0.25, 0.3) is 23.6 Å². The smallest absolute Gasteiger partial charge is 0.273 e. The summed E-state index contributed by atoms with van der Waals surface area (Å²) in [5, 5.41) is 22.5. The number of piperazine rings is 1. The number of halogens is 1. The molecule has 39 heavy (non-hydrogen) atoms. The maximum Gasteiger partial charge on any atom is 0.273 e. The van der Waals surface area contributed by atoms with Crippen molar-refractivity contribution in [1.82, 2.24) is 25.4 Å². The summed E-state index contributed by atoms with van der Waals surface area (Å²) in [5.74, 6) is -4.20. The molecule has 4 aliphatic heterocycles. The van der Waals surface area contributed by atoms with E-state index < -0.39 is 47.2 Å². The molecule has 1 saturated heterocycles. The van der Waals surface area contributed by atoms with Gasteiger partial charge in [-0.15, -0.1) is 0 Å². The quantitative estimate of drug-likeness (QED) is 0.491. The largest absolute Gasteiger partial charge is 0.509 e. The number of carbonyl (C=O) groups excluding carboxylic acids is 4. The van der Waals surface area contributed by atoms with Crippen molar-refractivity contribution in [2.75, 3.05) is 26.2 Å². The second-order valence-corrected chi connectivity index (χ2v) is 10.4. The summed E-state index contributed by atoms with van der Waals surface area (Å²) in [6.07, 6.45) is 3.09. The zero-order valence-corrected chi connectivity index (χ0v) is 22.1. The molecule has 4 heterocycles. The van der Waals surface area contributed by atoms with E-state index in [9.17, 15) is 28.7 Å². The number of amides is 4. The summed E-state index contributed by atoms with van der Waals surface area (Å²) in [6, 6.07) is 2.47. The molecule has 0 spiro atoms. The Balaban J connectivity index is 1.59. The van der Waals surface area contributed by atoms with E-state index in [2.05, 4.69) is 15.7 Å². The second kappa shape index (κ2) is 10.7. The predicted molar refractivity (Wildman–Crippen MR) is 139 cm³/mol. The van der Waals surface area contributed by atoms with Crippen LogP contribution in [0.5, 0.6) is 0 Å². The van der Waals surface area contributed by atoms with E-state index in [1.165, 1.54) is 12.1 Å². The van der Waals surface area contributed by atoms with Crippen molar-refractivity contribution in [3.63, 3.8) is 0 Å². The van der Waals surface area contributed by atoms with Crippen LogP contribution in [0.2, 0.25) is 0 Å². The lowest BCUT2D eigenvalue weighted by atomic mass is 9.91. The van der Waals surface area contributed by atoms with E-state index in [0.717, 1.165) is 30.3 Å². The first-order valence-corrected chi connectivity index (χ1v) is 13.5. The van der Waals surface area contributed by atoms with Crippen LogP contribution in [-0.4, -0.2) is 87.5 Å². The van der Waals surface area contributed by atoms with Crippen molar-refractivity contribution < 1.29 is 28.7 Å². The highest BCUT2D eigenvalue weighted by Gasteiger charge is 2.57. The van der Waals surface area contributed by atoms with Crippen LogP contribution < -0.4 is 10.6 Å². The maximum atomic E-state index is 14.1. The van der Waals surface area contributed by atoms with Gasteiger partial charge >= 0.3 is 0 Å². The van der Waals surface area contributed by atoms with Crippen LogP contribution >= 0.6 is 0 Å². The van der Waals surface area contributed by atoms with Crippen LogP contribution in [0.4, 0.5) is 4.39 Å². The molecular formula is C27H33FN6O5. The van der Waals surface area contributed by atoms with Gasteiger partial charge in [0.1, 0.15) is 28.9 Å². The first kappa shape index (κ1) is 26.6. The molecule has 1 aromatic rings. The summed E-state index contributed by atoms with van der Waals surface area (Å²) >= 11 is 0. The summed E-state index contributed by atoms with van der Waals surface area (Å²) < 4.78 is 14.1. The number of benzene rings is 1. The lowest BCUT2D eigenvalue weighted by Gasteiger charge is -2.44. The number of hydrogen-bond donors (Lipinski definition) is 3. The number of rotatable bonds is 1. The van der Waals surface area contributed by atoms with E-state index in [0.29, 0.717) is 38.2 Å². The average Bonchev–Trinajstić information content (AvgIpc) is 3.23. The second-order valence-electron chi connectivity index (χ2n) is 10.4. The van der Waals surface area contributed by atoms with Gasteiger partial charge in [0.2, 0.25) is 0 Å². The van der Waals surface area contributed by atoms with E-state index in [1.807, 2.05) is 13.8 Å². The SMILES string of the molecule is CCN1C[C@H](C)N2C(=C(O)C3C(=O)N4Cc5ccc(F)cc5C(=O)NCCCCCCNC(=O)C(=N4)C32)C1=O. The summed E-state index contributed by atoms with van der Waals surface area (Å²) in [7, 11) is 0. The highest BCUT2D eigenvalue weighted by molar-refractivity contribution is 6.42. The minimum atomic E-state index is -1.22. The third kappa shape index (κ3) is 4.72. The molecule has 4 aliphatic rings. The summed E-state index contributed by atoms with van der Waals surface area (Å²) in [6.45, 7) is 5.08. The Morgan fingerprint density at radius 2 is 1.74 bits per heavy atom. The van der Waals surface area contributed by atoms with Crippen LogP contribution in [0.3, 0.4) is 0 Å². The Hall–Kier alpha value is -3.96. The number of nitrogens with one attached hydrogen (secondary N) is 2. The van der Waals surface area contributed by atoms with Gasteiger partial charge in [-0.3, -0.25) is 19.2 Å². The van der Waals surface area contributed by atoms with Crippen molar-refractivity contribution in [3.8, 4) is 0 Å². The summed E-state index contributed by atoms with van der Waals surface area (Å²) in [5.41, 5.74) is 0.410. The molecule has 1 fully saturated rings. The first-order chi connectivity index (χ1) is 18.7. The lowest BCUT2D eigenvalue weighted by Crippen LogP contribution is -2.61. The van der Waals surface area contributed by atoms with Crippen molar-refractivity contribution >= 4 is 29.3 Å². The van der Waals surface area contributed by atoms with E-state index in [-0.39, 0.29) is 29.6 Å². The van der Waals surface area contributed by atoms with Gasteiger partial charge in [0.05, 0.1) is 12.6 Å². The average molecular weight is 541 g/mol. The fourth-order valence-corrected chi connectivity index (χ4v) is 5.84. The van der Waals surface area contributed by atoms with Crippen LogP contribution in [0.15, 0.2) is 34.8 Å². The van der Waals surface area contributed by atoms with Crippen LogP contribution in [0, 0.1) is 11.7 Å². The Morgan fingerprint density at radius 3 is 2.44 bits per heavy atom. The van der Waals surface area contributed by atoms with Gasteiger partial charge in [0, 0.05) is 37.8 Å². The molecule has 4 amide bonds. The third-order valence-corrected chi connectivity index (χ3v) is 7.81. The van der Waals surface area contributed by atoms with Gasteiger partial charge in [-0.1, -0.05) is 18.9 Å². The zero-order valence-electron chi connectivity index (χ0n) is 22.1. The molecule has 12 heteroatoms. The Bertz CT molecular complexity index is 1280. The minimum Gasteiger partial charge on any atom is -0.509 e. The van der Waals surface area contributed by atoms with Crippen molar-refractivity contribution in [3.05, 3.63) is 46.6 Å². The highest BCUT2D eigenvalue weighted by Crippen LogP contribution is 2.42. The standard InChI is InChI=1S/C27H33FN6O5/c1-3-32-13-15(2)34-21-19(23(35)22(34)27(32)39)26(38)33-14-16-8-9-17(28)12-18(16)24(36)29-10-6-4-5-7-11-30-25(37)20(21)31-33/h8-9,12,15,19,21,35H,3-7,10-11,13-14H2,1-2H3,(H,29,36)(H,30,37)/t15-,19?,21?/m0/s1. The normalized spacial score (nSPS) is 26.5. The summed E-state index contributed by atoms with van der Waals surface area (Å²) in [4.78, 5) is 56.7. The molecule has 0 saturated carbocycles. The Labute approximate surface area is 225 Å². The number of nitrogens with zero attached hydrogens (tertiary/aromatic N) is 4. The highest BCUT2D eigenvalue weighted by atomic mass is 19.1. The van der Waals surface area contributed by atoms with E-state index in [1.54, 1.807) is 9.80 Å². The molecule has 1 aromatic carbocycles. The number of hydrazone groups is 1. The molecule has 3 atom stereocenters. The fourth-order valence-electron chi connectivity index (χ4n) is 5.84. The lowest BCUT2D eigenvalue weighted by molar-refractivity contribution is -0.139. The van der Waals surface area contributed by atoms with E-state index in [4.69, 9.17) is 0 Å². The number of aliphatic hydroxyl groups is 1. The predicted octanol–water partition coefficient (Wildman–Crippen LogP) is 1.26. The fraction of sp³-hybridized carbons (Fsp3) is 0.519. The minimum absolute atomic E-state index is 0.00551. The Morgan fingerprint density at radius 1 is 1.05 bits per heavy atom. The number of carbonyl (C=O) groups is 4. The van der Waals surface area contributed by atoms with Crippen molar-refractivity contribution in [1.29, 1.82) is 0 Å². The molecule has 11 nitrogen and oxygen atoms in total. The molecule has 2 unspecified atom stereocenters. The molecule has 0 radical (unpaired) electrons. The maximum absolute atomic E-state index is 14.1. The van der Waals surface area contributed by atoms with Crippen molar-refractivity contribution in [2.24, 2.45) is 11.0 Å². The molecule has 3 N–H and O–H groups in total. The molecule has 0 aliphatic carbocycles. The van der Waals surface area contributed by atoms with Crippen LogP contribution in [-0.2, 0) is 20.9 Å². The Kier molecular flexibility index (Phi) is 7.28. The topological polar surface area (TPSA) is 135 Å². The van der Waals surface area contributed by atoms with Gasteiger partial charge in [-0.05, 0) is 44.4 Å². The number of aliphatic hydroxyl groups excluding tert-OH is 1. The molecular weight excluding hydrogens is 507 g/mol. The van der Waals surface area contributed by atoms with Crippen LogP contribution in [0.1, 0.15) is 55.5 Å². The first-order valence-electron chi connectivity index (χ1n) is 13.5. The third-order valence-electron chi connectivity index (χ3n) is 7.81.